The fourth-order valence-electron chi connectivity index (χ4n) is 1.03. The molecular formula is C9H7Br3O4. The van der Waals surface area contributed by atoms with E-state index in [2.05, 4.69) is 47.8 Å². The van der Waals surface area contributed by atoms with Gasteiger partial charge in [-0.1, -0.05) is 0 Å². The first kappa shape index (κ1) is 13.8. The first-order chi connectivity index (χ1) is 7.41. The van der Waals surface area contributed by atoms with Crippen molar-refractivity contribution in [2.75, 3.05) is 6.61 Å². The van der Waals surface area contributed by atoms with Gasteiger partial charge in [0, 0.05) is 0 Å². The number of halogens is 3. The summed E-state index contributed by atoms with van der Waals surface area (Å²) in [5, 5.41) is 19.2. The van der Waals surface area contributed by atoms with Gasteiger partial charge in [0.2, 0.25) is 0 Å². The molecule has 2 N–H and O–H groups in total. The number of phenols is 2. The van der Waals surface area contributed by atoms with Crippen molar-refractivity contribution in [1.29, 1.82) is 0 Å². The van der Waals surface area contributed by atoms with Gasteiger partial charge in [-0.3, -0.25) is 0 Å². The van der Waals surface area contributed by atoms with E-state index in [1.807, 2.05) is 0 Å². The molecule has 0 radical (unpaired) electrons. The summed E-state index contributed by atoms with van der Waals surface area (Å²) in [6.07, 6.45) is 0. The van der Waals surface area contributed by atoms with Crippen LogP contribution < -0.4 is 0 Å². The fraction of sp³-hybridized carbons (Fsp3) is 0.222. The molecule has 0 aliphatic rings. The van der Waals surface area contributed by atoms with Crippen LogP contribution in [0.15, 0.2) is 13.4 Å². The molecule has 1 aromatic carbocycles. The van der Waals surface area contributed by atoms with Crippen molar-refractivity contribution in [3.05, 3.63) is 19.0 Å². The van der Waals surface area contributed by atoms with Crippen molar-refractivity contribution in [2.45, 2.75) is 6.92 Å². The number of hydrogen-bond donors (Lipinski definition) is 2. The highest BCUT2D eigenvalue weighted by atomic mass is 79.9. The van der Waals surface area contributed by atoms with Crippen LogP contribution in [0.5, 0.6) is 11.5 Å². The van der Waals surface area contributed by atoms with Crippen molar-refractivity contribution in [3.63, 3.8) is 0 Å². The molecule has 0 atom stereocenters. The smallest absolute Gasteiger partial charge is 0.343 e. The maximum absolute atomic E-state index is 11.5. The molecule has 0 saturated carbocycles. The maximum atomic E-state index is 11.5. The molecule has 4 nitrogen and oxygen atoms in total. The summed E-state index contributed by atoms with van der Waals surface area (Å²) in [6.45, 7) is 1.83. The number of esters is 1. The van der Waals surface area contributed by atoms with Crippen molar-refractivity contribution in [1.82, 2.24) is 0 Å². The van der Waals surface area contributed by atoms with Crippen molar-refractivity contribution >= 4 is 53.8 Å². The van der Waals surface area contributed by atoms with E-state index in [9.17, 15) is 15.0 Å². The van der Waals surface area contributed by atoms with Gasteiger partial charge in [-0.05, 0) is 54.7 Å². The number of hydrogen-bond acceptors (Lipinski definition) is 4. The predicted molar refractivity (Wildman–Crippen MR) is 68.8 cm³/mol. The molecule has 0 bridgehead atoms. The minimum absolute atomic E-state index is 0.116. The third kappa shape index (κ3) is 2.36. The summed E-state index contributed by atoms with van der Waals surface area (Å²) >= 11 is 9.36. The Hall–Kier alpha value is -0.270. The summed E-state index contributed by atoms with van der Waals surface area (Å²) in [6, 6.07) is 0. The Balaban J connectivity index is 3.45. The lowest BCUT2D eigenvalue weighted by Gasteiger charge is -2.11. The second kappa shape index (κ2) is 5.37. The number of rotatable bonds is 2. The van der Waals surface area contributed by atoms with Crippen LogP contribution in [0, 0.1) is 0 Å². The molecule has 0 aliphatic heterocycles. The standard InChI is InChI=1S/C9H7Br3O4/c1-2-16-9(15)3-4(10)5(11)6(12)8(14)7(3)13/h13-14H,2H2,1H3. The number of carbonyl (C=O) groups is 1. The molecule has 1 aromatic rings. The Morgan fingerprint density at radius 2 is 1.69 bits per heavy atom. The lowest BCUT2D eigenvalue weighted by Crippen LogP contribution is -2.06. The average Bonchev–Trinajstić information content (AvgIpc) is 2.24. The van der Waals surface area contributed by atoms with E-state index in [0.29, 0.717) is 8.95 Å². The van der Waals surface area contributed by atoms with E-state index in [1.165, 1.54) is 0 Å². The zero-order valence-corrected chi connectivity index (χ0v) is 12.8. The Kier molecular flexibility index (Phi) is 4.63. The Bertz CT molecular complexity index is 416. The van der Waals surface area contributed by atoms with Crippen LogP contribution in [0.25, 0.3) is 0 Å². The van der Waals surface area contributed by atoms with Gasteiger partial charge < -0.3 is 14.9 Å². The third-order valence-electron chi connectivity index (χ3n) is 1.75. The first-order valence-corrected chi connectivity index (χ1v) is 6.55. The lowest BCUT2D eigenvalue weighted by atomic mass is 10.2. The van der Waals surface area contributed by atoms with Crippen LogP contribution in [0.3, 0.4) is 0 Å². The van der Waals surface area contributed by atoms with E-state index < -0.39 is 17.5 Å². The maximum Gasteiger partial charge on any atom is 0.343 e. The highest BCUT2D eigenvalue weighted by Crippen LogP contribution is 2.46. The van der Waals surface area contributed by atoms with E-state index >= 15 is 0 Å². The molecule has 16 heavy (non-hydrogen) atoms. The molecule has 0 heterocycles. The van der Waals surface area contributed by atoms with Crippen LogP contribution >= 0.6 is 47.8 Å². The van der Waals surface area contributed by atoms with Crippen LogP contribution in [-0.4, -0.2) is 22.8 Å². The Labute approximate surface area is 117 Å². The van der Waals surface area contributed by atoms with Crippen LogP contribution in [0.2, 0.25) is 0 Å². The van der Waals surface area contributed by atoms with Gasteiger partial charge in [0.25, 0.3) is 0 Å². The Morgan fingerprint density at radius 3 is 2.19 bits per heavy atom. The number of benzene rings is 1. The highest BCUT2D eigenvalue weighted by molar-refractivity contribution is 9.14. The van der Waals surface area contributed by atoms with Gasteiger partial charge in [-0.2, -0.15) is 0 Å². The second-order valence-corrected chi connectivity index (χ2v) is 5.11. The number of phenolic OH excluding ortho intramolecular Hbond substituents is 2. The minimum Gasteiger partial charge on any atom is -0.504 e. The molecule has 0 aromatic heterocycles. The van der Waals surface area contributed by atoms with E-state index in [0.717, 1.165) is 0 Å². The van der Waals surface area contributed by atoms with Gasteiger partial charge in [-0.25, -0.2) is 4.79 Å². The van der Waals surface area contributed by atoms with Crippen molar-refractivity contribution in [2.24, 2.45) is 0 Å². The molecule has 0 spiro atoms. The zero-order chi connectivity index (χ0) is 12.5. The normalized spacial score (nSPS) is 10.2. The molecule has 0 fully saturated rings. The van der Waals surface area contributed by atoms with Crippen LogP contribution in [-0.2, 0) is 4.74 Å². The van der Waals surface area contributed by atoms with Crippen molar-refractivity contribution < 1.29 is 19.7 Å². The van der Waals surface area contributed by atoms with E-state index in [4.69, 9.17) is 4.74 Å². The Morgan fingerprint density at radius 1 is 1.12 bits per heavy atom. The third-order valence-corrected chi connectivity index (χ3v) is 5.18. The van der Waals surface area contributed by atoms with Gasteiger partial charge in [0.15, 0.2) is 11.5 Å². The molecule has 0 aliphatic carbocycles. The molecule has 0 amide bonds. The van der Waals surface area contributed by atoms with Crippen LogP contribution in [0.4, 0.5) is 0 Å². The van der Waals surface area contributed by atoms with Crippen molar-refractivity contribution in [3.8, 4) is 11.5 Å². The van der Waals surface area contributed by atoms with E-state index in [1.54, 1.807) is 6.92 Å². The lowest BCUT2D eigenvalue weighted by molar-refractivity contribution is 0.0521. The summed E-state index contributed by atoms with van der Waals surface area (Å²) in [7, 11) is 0. The fourth-order valence-corrected chi connectivity index (χ4v) is 2.61. The number of carbonyl (C=O) groups excluding carboxylic acids is 1. The average molecular weight is 419 g/mol. The molecular weight excluding hydrogens is 412 g/mol. The largest absolute Gasteiger partial charge is 0.504 e. The van der Waals surface area contributed by atoms with Crippen LogP contribution in [0.1, 0.15) is 17.3 Å². The van der Waals surface area contributed by atoms with Gasteiger partial charge in [0.1, 0.15) is 5.56 Å². The molecule has 88 valence electrons. The summed E-state index contributed by atoms with van der Waals surface area (Å²) in [5.41, 5.74) is -0.116. The van der Waals surface area contributed by atoms with Gasteiger partial charge in [0.05, 0.1) is 20.0 Å². The predicted octanol–water partition coefficient (Wildman–Crippen LogP) is 3.56. The van der Waals surface area contributed by atoms with Gasteiger partial charge in [-0.15, -0.1) is 0 Å². The minimum atomic E-state index is -0.713. The second-order valence-electron chi connectivity index (χ2n) is 2.73. The van der Waals surface area contributed by atoms with Gasteiger partial charge >= 0.3 is 5.97 Å². The molecule has 0 unspecified atom stereocenters. The summed E-state index contributed by atoms with van der Waals surface area (Å²) < 4.78 is 5.75. The number of aromatic hydroxyl groups is 2. The molecule has 7 heteroatoms. The summed E-state index contributed by atoms with van der Waals surface area (Å²) in [4.78, 5) is 11.5. The molecule has 0 saturated heterocycles. The monoisotopic (exact) mass is 416 g/mol. The SMILES string of the molecule is CCOC(=O)c1c(O)c(O)c(Br)c(Br)c1Br. The quantitative estimate of drug-likeness (QED) is 0.438. The zero-order valence-electron chi connectivity index (χ0n) is 8.05. The topological polar surface area (TPSA) is 66.8 Å². The number of ether oxygens (including phenoxy) is 1. The summed E-state index contributed by atoms with van der Waals surface area (Å²) in [5.74, 6) is -1.66. The van der Waals surface area contributed by atoms with E-state index in [-0.39, 0.29) is 16.6 Å². The first-order valence-electron chi connectivity index (χ1n) is 4.17. The highest BCUT2D eigenvalue weighted by Gasteiger charge is 2.25. The molecule has 1 rings (SSSR count).